The fourth-order valence-corrected chi connectivity index (χ4v) is 3.16. The van der Waals surface area contributed by atoms with Crippen molar-refractivity contribution in [3.63, 3.8) is 0 Å². The molecule has 0 aliphatic rings. The van der Waals surface area contributed by atoms with E-state index in [4.69, 9.17) is 29.6 Å². The largest absolute Gasteiger partial charge is 0.389 e. The molecule has 3 N–H and O–H groups in total. The van der Waals surface area contributed by atoms with Crippen molar-refractivity contribution >= 4 is 46.0 Å². The van der Waals surface area contributed by atoms with E-state index in [0.717, 1.165) is 26.0 Å². The average Bonchev–Trinajstić information content (AvgIpc) is 2.80. The molecule has 0 radical (unpaired) electrons. The van der Waals surface area contributed by atoms with Crippen molar-refractivity contribution in [3.05, 3.63) is 38.2 Å². The van der Waals surface area contributed by atoms with Crippen LogP contribution in [0.15, 0.2) is 12.1 Å². The molecule has 0 bridgehead atoms. The van der Waals surface area contributed by atoms with Gasteiger partial charge in [0.25, 0.3) is 0 Å². The maximum Gasteiger partial charge on any atom is 0.159 e. The number of halogens is 1. The van der Waals surface area contributed by atoms with Crippen LogP contribution in [0.5, 0.6) is 0 Å². The van der Waals surface area contributed by atoms with E-state index in [-0.39, 0.29) is 6.04 Å². The number of thiophene rings is 1. The lowest BCUT2D eigenvalue weighted by molar-refractivity contribution is 0.866. The van der Waals surface area contributed by atoms with Gasteiger partial charge in [-0.1, -0.05) is 23.8 Å². The number of hydrogen-bond acceptors (Lipinski definition) is 5. The third-order valence-corrected chi connectivity index (χ3v) is 4.69. The van der Waals surface area contributed by atoms with Gasteiger partial charge in [-0.05, 0) is 38.5 Å². The van der Waals surface area contributed by atoms with E-state index >= 15 is 0 Å². The minimum atomic E-state index is 0.0528. The molecule has 106 valence electrons. The minimum Gasteiger partial charge on any atom is -0.389 e. The highest BCUT2D eigenvalue weighted by molar-refractivity contribution is 7.80. The standard InChI is InChI=1S/C13H15ClN4S2/c1-6-7(2)17-18-13(11(6)12(15)19)16-8(3)9-4-5-10(14)20-9/h4-5,8H,1-3H3,(H2,15,19)(H,16,18). The second-order valence-electron chi connectivity index (χ2n) is 4.51. The number of anilines is 1. The van der Waals surface area contributed by atoms with Gasteiger partial charge in [0.2, 0.25) is 0 Å². The number of nitrogens with one attached hydrogen (secondary N) is 1. The predicted octanol–water partition coefficient (Wildman–Crippen LogP) is 3.62. The van der Waals surface area contributed by atoms with Crippen molar-refractivity contribution in [1.29, 1.82) is 0 Å². The zero-order valence-corrected chi connectivity index (χ0v) is 13.8. The first-order chi connectivity index (χ1) is 9.40. The maximum absolute atomic E-state index is 5.96. The summed E-state index contributed by atoms with van der Waals surface area (Å²) in [6, 6.07) is 3.91. The number of aromatic nitrogens is 2. The van der Waals surface area contributed by atoms with Crippen LogP contribution in [0.1, 0.15) is 34.7 Å². The van der Waals surface area contributed by atoms with E-state index in [0.29, 0.717) is 10.8 Å². The Hall–Kier alpha value is -1.24. The summed E-state index contributed by atoms with van der Waals surface area (Å²) in [4.78, 5) is 1.43. The first-order valence-electron chi connectivity index (χ1n) is 6.05. The Labute approximate surface area is 132 Å². The first-order valence-corrected chi connectivity index (χ1v) is 7.66. The van der Waals surface area contributed by atoms with E-state index in [9.17, 15) is 0 Å². The van der Waals surface area contributed by atoms with Gasteiger partial charge in [-0.2, -0.15) is 5.10 Å². The zero-order valence-electron chi connectivity index (χ0n) is 11.4. The molecule has 2 aromatic rings. The van der Waals surface area contributed by atoms with Gasteiger partial charge in [0.15, 0.2) is 5.82 Å². The molecule has 0 aliphatic heterocycles. The Morgan fingerprint density at radius 1 is 1.40 bits per heavy atom. The lowest BCUT2D eigenvalue weighted by Gasteiger charge is -2.17. The normalized spacial score (nSPS) is 12.2. The van der Waals surface area contributed by atoms with Crippen LogP contribution >= 0.6 is 35.2 Å². The van der Waals surface area contributed by atoms with E-state index in [1.165, 1.54) is 11.3 Å². The minimum absolute atomic E-state index is 0.0528. The molecule has 4 nitrogen and oxygen atoms in total. The van der Waals surface area contributed by atoms with Gasteiger partial charge in [0.1, 0.15) is 4.99 Å². The highest BCUT2D eigenvalue weighted by atomic mass is 35.5. The monoisotopic (exact) mass is 326 g/mol. The van der Waals surface area contributed by atoms with E-state index < -0.39 is 0 Å². The molecule has 7 heteroatoms. The van der Waals surface area contributed by atoms with Crippen molar-refractivity contribution < 1.29 is 0 Å². The lowest BCUT2D eigenvalue weighted by Crippen LogP contribution is -2.19. The third kappa shape index (κ3) is 3.08. The van der Waals surface area contributed by atoms with Gasteiger partial charge < -0.3 is 11.1 Å². The van der Waals surface area contributed by atoms with Crippen molar-refractivity contribution in [1.82, 2.24) is 10.2 Å². The first kappa shape index (κ1) is 15.2. The number of thiocarbonyl (C=S) groups is 1. The SMILES string of the molecule is Cc1nnc(NC(C)c2ccc(Cl)s2)c(C(N)=S)c1C. The maximum atomic E-state index is 5.96. The molecule has 2 rings (SSSR count). The molecule has 1 atom stereocenters. The van der Waals surface area contributed by atoms with Gasteiger partial charge in [0.05, 0.1) is 21.6 Å². The molecular formula is C13H15ClN4S2. The van der Waals surface area contributed by atoms with Crippen LogP contribution in [-0.2, 0) is 0 Å². The Morgan fingerprint density at radius 3 is 2.65 bits per heavy atom. The smallest absolute Gasteiger partial charge is 0.159 e. The van der Waals surface area contributed by atoms with Crippen molar-refractivity contribution in [2.24, 2.45) is 5.73 Å². The van der Waals surface area contributed by atoms with Crippen LogP contribution in [0.2, 0.25) is 4.34 Å². The second-order valence-corrected chi connectivity index (χ2v) is 6.69. The molecule has 0 amide bonds. The van der Waals surface area contributed by atoms with Gasteiger partial charge in [-0.3, -0.25) is 0 Å². The summed E-state index contributed by atoms with van der Waals surface area (Å²) in [7, 11) is 0. The highest BCUT2D eigenvalue weighted by Crippen LogP contribution is 2.29. The van der Waals surface area contributed by atoms with Crippen LogP contribution in [-0.4, -0.2) is 15.2 Å². The van der Waals surface area contributed by atoms with Gasteiger partial charge in [0, 0.05) is 4.88 Å². The fraction of sp³-hybridized carbons (Fsp3) is 0.308. The van der Waals surface area contributed by atoms with Crippen LogP contribution in [0, 0.1) is 13.8 Å². The Balaban J connectivity index is 2.34. The molecule has 20 heavy (non-hydrogen) atoms. The van der Waals surface area contributed by atoms with Crippen molar-refractivity contribution in [2.45, 2.75) is 26.8 Å². The summed E-state index contributed by atoms with van der Waals surface area (Å²) >= 11 is 12.6. The van der Waals surface area contributed by atoms with Crippen LogP contribution in [0.3, 0.4) is 0 Å². The number of nitrogens with zero attached hydrogens (tertiary/aromatic N) is 2. The number of rotatable bonds is 4. The van der Waals surface area contributed by atoms with Gasteiger partial charge >= 0.3 is 0 Å². The van der Waals surface area contributed by atoms with Crippen molar-refractivity contribution in [2.75, 3.05) is 5.32 Å². The molecule has 0 saturated carbocycles. The molecule has 0 saturated heterocycles. The van der Waals surface area contributed by atoms with Crippen LogP contribution < -0.4 is 11.1 Å². The second kappa shape index (κ2) is 6.03. The molecular weight excluding hydrogens is 312 g/mol. The summed E-state index contributed by atoms with van der Waals surface area (Å²) < 4.78 is 0.759. The molecule has 2 aromatic heterocycles. The Morgan fingerprint density at radius 2 is 2.10 bits per heavy atom. The summed E-state index contributed by atoms with van der Waals surface area (Å²) in [5.74, 6) is 0.609. The van der Waals surface area contributed by atoms with Crippen LogP contribution in [0.4, 0.5) is 5.82 Å². The molecule has 0 spiro atoms. The predicted molar refractivity (Wildman–Crippen MR) is 88.8 cm³/mol. The van der Waals surface area contributed by atoms with E-state index in [2.05, 4.69) is 15.5 Å². The lowest BCUT2D eigenvalue weighted by atomic mass is 10.1. The van der Waals surface area contributed by atoms with Gasteiger partial charge in [-0.25, -0.2) is 0 Å². The average molecular weight is 327 g/mol. The Kier molecular flexibility index (Phi) is 4.57. The van der Waals surface area contributed by atoms with E-state index in [1.54, 1.807) is 0 Å². The molecule has 0 fully saturated rings. The Bertz CT molecular complexity index is 654. The topological polar surface area (TPSA) is 63.8 Å². The number of aryl methyl sites for hydroxylation is 1. The third-order valence-electron chi connectivity index (χ3n) is 3.07. The summed E-state index contributed by atoms with van der Waals surface area (Å²) in [5, 5.41) is 11.6. The quantitative estimate of drug-likeness (QED) is 0.840. The van der Waals surface area contributed by atoms with E-state index in [1.807, 2.05) is 32.9 Å². The van der Waals surface area contributed by atoms with Crippen LogP contribution in [0.25, 0.3) is 0 Å². The van der Waals surface area contributed by atoms with Gasteiger partial charge in [-0.15, -0.1) is 16.4 Å². The molecule has 1 unspecified atom stereocenters. The fourth-order valence-electron chi connectivity index (χ4n) is 1.85. The van der Waals surface area contributed by atoms with Crippen molar-refractivity contribution in [3.8, 4) is 0 Å². The summed E-state index contributed by atoms with van der Waals surface area (Å²) in [6.45, 7) is 5.86. The summed E-state index contributed by atoms with van der Waals surface area (Å²) in [6.07, 6.45) is 0. The number of hydrogen-bond donors (Lipinski definition) is 2. The molecule has 2 heterocycles. The molecule has 0 aromatic carbocycles. The zero-order chi connectivity index (χ0) is 14.9. The highest BCUT2D eigenvalue weighted by Gasteiger charge is 2.16. The summed E-state index contributed by atoms with van der Waals surface area (Å²) in [5.41, 5.74) is 8.33. The molecule has 0 aliphatic carbocycles. The number of nitrogens with two attached hydrogens (primary N) is 1.